The van der Waals surface area contributed by atoms with Gasteiger partial charge in [-0.3, -0.25) is 0 Å². The van der Waals surface area contributed by atoms with Crippen LogP contribution >= 0.6 is 0 Å². The molecule has 1 aliphatic carbocycles. The summed E-state index contributed by atoms with van der Waals surface area (Å²) in [6, 6.07) is 0.742. The second-order valence-electron chi connectivity index (χ2n) is 4.26. The number of hydrogen-bond donors (Lipinski definition) is 0. The normalized spacial score (nSPS) is 22.7. The molecule has 2 aliphatic rings. The Morgan fingerprint density at radius 3 is 2.64 bits per heavy atom. The Kier molecular flexibility index (Phi) is 1.92. The lowest BCUT2D eigenvalue weighted by atomic mass is 10.1. The Labute approximate surface area is 83.3 Å². The predicted molar refractivity (Wildman–Crippen MR) is 52.3 cm³/mol. The van der Waals surface area contributed by atoms with E-state index in [1.807, 2.05) is 0 Å². The molecule has 0 aromatic carbocycles. The van der Waals surface area contributed by atoms with E-state index < -0.39 is 0 Å². The SMILES string of the molecule is C1CCN(c2nc(C3CC3)no2)CC1. The van der Waals surface area contributed by atoms with Crippen LogP contribution < -0.4 is 4.90 Å². The molecule has 1 saturated carbocycles. The van der Waals surface area contributed by atoms with Crippen LogP contribution in [-0.4, -0.2) is 23.2 Å². The fourth-order valence-corrected chi connectivity index (χ4v) is 1.95. The Morgan fingerprint density at radius 2 is 1.93 bits per heavy atom. The van der Waals surface area contributed by atoms with Crippen molar-refractivity contribution < 1.29 is 4.52 Å². The molecule has 0 amide bonds. The minimum absolute atomic E-state index is 0.595. The van der Waals surface area contributed by atoms with Gasteiger partial charge in [0.25, 0.3) is 0 Å². The fourth-order valence-electron chi connectivity index (χ4n) is 1.95. The van der Waals surface area contributed by atoms with Gasteiger partial charge >= 0.3 is 6.01 Å². The van der Waals surface area contributed by atoms with E-state index in [2.05, 4.69) is 15.0 Å². The molecule has 76 valence electrons. The van der Waals surface area contributed by atoms with Gasteiger partial charge in [0.15, 0.2) is 5.82 Å². The molecular weight excluding hydrogens is 178 g/mol. The Hall–Kier alpha value is -1.06. The van der Waals surface area contributed by atoms with Crippen LogP contribution in [-0.2, 0) is 0 Å². The van der Waals surface area contributed by atoms with E-state index in [-0.39, 0.29) is 0 Å². The lowest BCUT2D eigenvalue weighted by Crippen LogP contribution is -2.29. The van der Waals surface area contributed by atoms with Crippen molar-refractivity contribution in [3.63, 3.8) is 0 Å². The van der Waals surface area contributed by atoms with Crippen LogP contribution in [0.4, 0.5) is 6.01 Å². The van der Waals surface area contributed by atoms with Crippen molar-refractivity contribution >= 4 is 6.01 Å². The van der Waals surface area contributed by atoms with Crippen LogP contribution in [0.3, 0.4) is 0 Å². The summed E-state index contributed by atoms with van der Waals surface area (Å²) in [6.45, 7) is 2.15. The van der Waals surface area contributed by atoms with Gasteiger partial charge < -0.3 is 9.42 Å². The van der Waals surface area contributed by atoms with Crippen molar-refractivity contribution in [1.29, 1.82) is 0 Å². The lowest BCUT2D eigenvalue weighted by Gasteiger charge is -2.23. The molecule has 4 nitrogen and oxygen atoms in total. The zero-order valence-electron chi connectivity index (χ0n) is 8.28. The number of rotatable bonds is 2. The first-order valence-electron chi connectivity index (χ1n) is 5.52. The highest BCUT2D eigenvalue weighted by atomic mass is 16.5. The minimum atomic E-state index is 0.595. The summed E-state index contributed by atoms with van der Waals surface area (Å²) >= 11 is 0. The Balaban J connectivity index is 1.74. The van der Waals surface area contributed by atoms with E-state index >= 15 is 0 Å². The number of aromatic nitrogens is 2. The van der Waals surface area contributed by atoms with Crippen LogP contribution in [0.5, 0.6) is 0 Å². The van der Waals surface area contributed by atoms with Gasteiger partial charge in [-0.15, -0.1) is 0 Å². The quantitative estimate of drug-likeness (QED) is 0.719. The maximum absolute atomic E-state index is 5.27. The second kappa shape index (κ2) is 3.26. The number of hydrogen-bond acceptors (Lipinski definition) is 4. The zero-order valence-corrected chi connectivity index (χ0v) is 8.28. The van der Waals surface area contributed by atoms with E-state index in [1.54, 1.807) is 0 Å². The average Bonchev–Trinajstić information content (AvgIpc) is 2.98. The molecule has 1 aromatic heterocycles. The lowest BCUT2D eigenvalue weighted by molar-refractivity contribution is 0.396. The van der Waals surface area contributed by atoms with Crippen molar-refractivity contribution in [3.8, 4) is 0 Å². The van der Waals surface area contributed by atoms with Gasteiger partial charge in [0, 0.05) is 19.0 Å². The molecule has 2 heterocycles. The van der Waals surface area contributed by atoms with Crippen molar-refractivity contribution in [2.24, 2.45) is 0 Å². The van der Waals surface area contributed by atoms with Gasteiger partial charge in [0.05, 0.1) is 0 Å². The maximum Gasteiger partial charge on any atom is 0.324 e. The molecule has 2 fully saturated rings. The standard InChI is InChI=1S/C10H15N3O/c1-2-6-13(7-3-1)10-11-9(12-14-10)8-4-5-8/h8H,1-7H2. The molecule has 0 atom stereocenters. The third kappa shape index (κ3) is 1.49. The molecule has 3 rings (SSSR count). The summed E-state index contributed by atoms with van der Waals surface area (Å²) in [4.78, 5) is 6.65. The number of piperidine rings is 1. The van der Waals surface area contributed by atoms with Gasteiger partial charge in [0.1, 0.15) is 0 Å². The van der Waals surface area contributed by atoms with Crippen LogP contribution in [0, 0.1) is 0 Å². The van der Waals surface area contributed by atoms with Crippen LogP contribution in [0.25, 0.3) is 0 Å². The molecule has 4 heteroatoms. The second-order valence-corrected chi connectivity index (χ2v) is 4.26. The third-order valence-electron chi connectivity index (χ3n) is 3.00. The highest BCUT2D eigenvalue weighted by Gasteiger charge is 2.29. The van der Waals surface area contributed by atoms with E-state index in [1.165, 1.54) is 32.1 Å². The number of nitrogens with zero attached hydrogens (tertiary/aromatic N) is 3. The first kappa shape index (κ1) is 8.26. The summed E-state index contributed by atoms with van der Waals surface area (Å²) in [5.41, 5.74) is 0. The highest BCUT2D eigenvalue weighted by molar-refractivity contribution is 5.26. The fraction of sp³-hybridized carbons (Fsp3) is 0.800. The smallest absolute Gasteiger partial charge is 0.324 e. The summed E-state index contributed by atoms with van der Waals surface area (Å²) in [5, 5.41) is 4.03. The summed E-state index contributed by atoms with van der Waals surface area (Å²) in [6.07, 6.45) is 6.31. The Bertz CT molecular complexity index is 313. The molecule has 0 bridgehead atoms. The Morgan fingerprint density at radius 1 is 1.14 bits per heavy atom. The van der Waals surface area contributed by atoms with Crippen molar-refractivity contribution in [2.45, 2.75) is 38.0 Å². The van der Waals surface area contributed by atoms with Gasteiger partial charge in [0.2, 0.25) is 0 Å². The molecular formula is C10H15N3O. The zero-order chi connectivity index (χ0) is 9.38. The molecule has 1 saturated heterocycles. The van der Waals surface area contributed by atoms with Crippen LogP contribution in [0.1, 0.15) is 43.8 Å². The summed E-state index contributed by atoms with van der Waals surface area (Å²) < 4.78 is 5.27. The molecule has 1 aromatic rings. The molecule has 14 heavy (non-hydrogen) atoms. The van der Waals surface area contributed by atoms with Gasteiger partial charge in [-0.2, -0.15) is 4.98 Å². The van der Waals surface area contributed by atoms with Gasteiger partial charge in [-0.1, -0.05) is 5.16 Å². The van der Waals surface area contributed by atoms with Gasteiger partial charge in [-0.05, 0) is 32.1 Å². The van der Waals surface area contributed by atoms with Gasteiger partial charge in [-0.25, -0.2) is 0 Å². The van der Waals surface area contributed by atoms with Crippen LogP contribution in [0.15, 0.2) is 4.52 Å². The van der Waals surface area contributed by atoms with Crippen molar-refractivity contribution in [1.82, 2.24) is 10.1 Å². The van der Waals surface area contributed by atoms with Crippen molar-refractivity contribution in [2.75, 3.05) is 18.0 Å². The molecule has 0 spiro atoms. The predicted octanol–water partition coefficient (Wildman–Crippen LogP) is 1.94. The molecule has 0 unspecified atom stereocenters. The average molecular weight is 193 g/mol. The van der Waals surface area contributed by atoms with Crippen molar-refractivity contribution in [3.05, 3.63) is 5.82 Å². The van der Waals surface area contributed by atoms with Crippen LogP contribution in [0.2, 0.25) is 0 Å². The monoisotopic (exact) mass is 193 g/mol. The first-order valence-corrected chi connectivity index (χ1v) is 5.52. The minimum Gasteiger partial charge on any atom is -0.324 e. The van der Waals surface area contributed by atoms with E-state index in [9.17, 15) is 0 Å². The maximum atomic E-state index is 5.27. The molecule has 0 radical (unpaired) electrons. The summed E-state index contributed by atoms with van der Waals surface area (Å²) in [7, 11) is 0. The summed E-state index contributed by atoms with van der Waals surface area (Å²) in [5.74, 6) is 1.52. The molecule has 0 N–H and O–H groups in total. The van der Waals surface area contributed by atoms with E-state index in [4.69, 9.17) is 4.52 Å². The van der Waals surface area contributed by atoms with E-state index in [0.717, 1.165) is 24.9 Å². The number of anilines is 1. The largest absolute Gasteiger partial charge is 0.324 e. The highest BCUT2D eigenvalue weighted by Crippen LogP contribution is 2.38. The first-order chi connectivity index (χ1) is 6.93. The topological polar surface area (TPSA) is 42.2 Å². The third-order valence-corrected chi connectivity index (χ3v) is 3.00. The molecule has 1 aliphatic heterocycles. The van der Waals surface area contributed by atoms with E-state index in [0.29, 0.717) is 5.92 Å².